The van der Waals surface area contributed by atoms with Gasteiger partial charge in [-0.25, -0.2) is 0 Å². The van der Waals surface area contributed by atoms with Gasteiger partial charge in [0.25, 0.3) is 0 Å². The molecule has 1 aromatic rings. The van der Waals surface area contributed by atoms with Crippen LogP contribution in [0, 0.1) is 0 Å². The molecular formula is C10H15Si. The van der Waals surface area contributed by atoms with Crippen LogP contribution in [0.4, 0.5) is 0 Å². The van der Waals surface area contributed by atoms with Crippen LogP contribution < -0.4 is 5.19 Å². The maximum atomic E-state index is 2.35. The minimum absolute atomic E-state index is 0.254. The first-order chi connectivity index (χ1) is 5.25. The molecule has 0 N–H and O–H groups in total. The standard InChI is InChI=1S/C10H15Si/c1-4-9-7-5-6-8-10(9)11(2)3/h5-8H,4H2,1-3H3. The molecule has 59 valence electrons. The summed E-state index contributed by atoms with van der Waals surface area (Å²) in [6.07, 6.45) is 1.17. The lowest BCUT2D eigenvalue weighted by molar-refractivity contribution is 1.15. The summed E-state index contributed by atoms with van der Waals surface area (Å²) in [6, 6.07) is 8.79. The first-order valence-corrected chi connectivity index (χ1v) is 6.64. The summed E-state index contributed by atoms with van der Waals surface area (Å²) in [5, 5.41) is 1.60. The Labute approximate surface area is 70.9 Å². The summed E-state index contributed by atoms with van der Waals surface area (Å²) >= 11 is 0. The zero-order chi connectivity index (χ0) is 8.27. The van der Waals surface area contributed by atoms with Gasteiger partial charge in [0.1, 0.15) is 0 Å². The van der Waals surface area contributed by atoms with Crippen LogP contribution in [-0.4, -0.2) is 8.80 Å². The van der Waals surface area contributed by atoms with Gasteiger partial charge in [-0.05, 0) is 12.0 Å². The Kier molecular flexibility index (Phi) is 2.89. The number of rotatable bonds is 2. The largest absolute Gasteiger partial charge is 0.0795 e. The van der Waals surface area contributed by atoms with E-state index in [4.69, 9.17) is 0 Å². The van der Waals surface area contributed by atoms with E-state index in [-0.39, 0.29) is 8.80 Å². The molecule has 1 rings (SSSR count). The van der Waals surface area contributed by atoms with Crippen LogP contribution in [0.25, 0.3) is 0 Å². The lowest BCUT2D eigenvalue weighted by Crippen LogP contribution is -2.26. The lowest BCUT2D eigenvalue weighted by atomic mass is 10.2. The van der Waals surface area contributed by atoms with E-state index < -0.39 is 0 Å². The zero-order valence-corrected chi connectivity index (χ0v) is 8.52. The van der Waals surface area contributed by atoms with Gasteiger partial charge in [-0.15, -0.1) is 0 Å². The minimum Gasteiger partial charge on any atom is -0.0671 e. The van der Waals surface area contributed by atoms with Crippen molar-refractivity contribution < 1.29 is 0 Å². The molecule has 1 aromatic carbocycles. The Balaban J connectivity index is 3.02. The van der Waals surface area contributed by atoms with Crippen LogP contribution >= 0.6 is 0 Å². The molecule has 0 bridgehead atoms. The topological polar surface area (TPSA) is 0 Å². The fourth-order valence-corrected chi connectivity index (χ4v) is 2.65. The fourth-order valence-electron chi connectivity index (χ4n) is 1.32. The summed E-state index contributed by atoms with van der Waals surface area (Å²) in [7, 11) is -0.254. The Hall–Kier alpha value is -0.563. The molecule has 0 aliphatic rings. The first-order valence-electron chi connectivity index (χ1n) is 4.14. The van der Waals surface area contributed by atoms with Crippen molar-refractivity contribution in [1.82, 2.24) is 0 Å². The molecule has 11 heavy (non-hydrogen) atoms. The van der Waals surface area contributed by atoms with Crippen molar-refractivity contribution in [2.24, 2.45) is 0 Å². The van der Waals surface area contributed by atoms with Gasteiger partial charge in [-0.3, -0.25) is 0 Å². The summed E-state index contributed by atoms with van der Waals surface area (Å²) < 4.78 is 0. The lowest BCUT2D eigenvalue weighted by Gasteiger charge is -2.08. The number of aryl methyl sites for hydroxylation is 1. The Morgan fingerprint density at radius 2 is 1.82 bits per heavy atom. The molecule has 0 heterocycles. The molecule has 0 aliphatic heterocycles. The second-order valence-electron chi connectivity index (χ2n) is 3.01. The Morgan fingerprint density at radius 1 is 1.18 bits per heavy atom. The molecule has 1 radical (unpaired) electrons. The van der Waals surface area contributed by atoms with E-state index in [0.29, 0.717) is 0 Å². The second-order valence-corrected chi connectivity index (χ2v) is 5.55. The minimum atomic E-state index is -0.254. The van der Waals surface area contributed by atoms with Crippen molar-refractivity contribution in [2.45, 2.75) is 26.4 Å². The van der Waals surface area contributed by atoms with Crippen LogP contribution in [0.2, 0.25) is 13.1 Å². The highest BCUT2D eigenvalue weighted by Crippen LogP contribution is 1.98. The molecule has 0 amide bonds. The molecule has 0 aliphatic carbocycles. The third kappa shape index (κ3) is 1.93. The van der Waals surface area contributed by atoms with E-state index >= 15 is 0 Å². The molecule has 0 saturated carbocycles. The monoisotopic (exact) mass is 163 g/mol. The summed E-state index contributed by atoms with van der Waals surface area (Å²) in [4.78, 5) is 0. The smallest absolute Gasteiger partial charge is 0.0671 e. The predicted octanol–water partition coefficient (Wildman–Crippen LogP) is 2.21. The van der Waals surface area contributed by atoms with E-state index in [0.717, 1.165) is 0 Å². The van der Waals surface area contributed by atoms with Crippen LogP contribution in [0.15, 0.2) is 24.3 Å². The van der Waals surface area contributed by atoms with E-state index in [1.807, 2.05) is 0 Å². The SMILES string of the molecule is CCc1ccccc1[Si](C)C. The van der Waals surface area contributed by atoms with Gasteiger partial charge in [0.15, 0.2) is 0 Å². The highest BCUT2D eigenvalue weighted by atomic mass is 28.3. The van der Waals surface area contributed by atoms with E-state index in [9.17, 15) is 0 Å². The molecule has 0 unspecified atom stereocenters. The third-order valence-electron chi connectivity index (χ3n) is 1.94. The van der Waals surface area contributed by atoms with E-state index in [1.165, 1.54) is 12.0 Å². The van der Waals surface area contributed by atoms with E-state index in [2.05, 4.69) is 44.3 Å². The number of benzene rings is 1. The van der Waals surface area contributed by atoms with Crippen molar-refractivity contribution in [3.05, 3.63) is 29.8 Å². The molecule has 0 atom stereocenters. The maximum absolute atomic E-state index is 2.35. The van der Waals surface area contributed by atoms with Crippen molar-refractivity contribution in [3.63, 3.8) is 0 Å². The quantitative estimate of drug-likeness (QED) is 0.586. The van der Waals surface area contributed by atoms with Gasteiger partial charge in [0.05, 0.1) is 8.80 Å². The highest BCUT2D eigenvalue weighted by molar-refractivity contribution is 6.71. The third-order valence-corrected chi connectivity index (χ3v) is 3.50. The number of hydrogen-bond acceptors (Lipinski definition) is 0. The molecular weight excluding hydrogens is 148 g/mol. The van der Waals surface area contributed by atoms with Gasteiger partial charge < -0.3 is 0 Å². The van der Waals surface area contributed by atoms with Gasteiger partial charge in [0.2, 0.25) is 0 Å². The van der Waals surface area contributed by atoms with Gasteiger partial charge in [0, 0.05) is 0 Å². The molecule has 0 aromatic heterocycles. The fraction of sp³-hybridized carbons (Fsp3) is 0.400. The first kappa shape index (κ1) is 8.53. The summed E-state index contributed by atoms with van der Waals surface area (Å²) in [6.45, 7) is 6.92. The molecule has 0 saturated heterocycles. The summed E-state index contributed by atoms with van der Waals surface area (Å²) in [5.74, 6) is 0. The van der Waals surface area contributed by atoms with E-state index in [1.54, 1.807) is 5.19 Å². The van der Waals surface area contributed by atoms with Crippen molar-refractivity contribution >= 4 is 14.0 Å². The van der Waals surface area contributed by atoms with Gasteiger partial charge in [-0.1, -0.05) is 49.5 Å². The Morgan fingerprint density at radius 3 is 2.27 bits per heavy atom. The zero-order valence-electron chi connectivity index (χ0n) is 7.52. The van der Waals surface area contributed by atoms with Crippen LogP contribution in [0.3, 0.4) is 0 Å². The number of hydrogen-bond donors (Lipinski definition) is 0. The van der Waals surface area contributed by atoms with Crippen molar-refractivity contribution in [3.8, 4) is 0 Å². The molecule has 0 spiro atoms. The molecule has 0 nitrogen and oxygen atoms in total. The molecule has 1 heteroatoms. The van der Waals surface area contributed by atoms with Gasteiger partial charge in [-0.2, -0.15) is 0 Å². The maximum Gasteiger partial charge on any atom is 0.0795 e. The highest BCUT2D eigenvalue weighted by Gasteiger charge is 2.03. The van der Waals surface area contributed by atoms with Crippen molar-refractivity contribution in [1.29, 1.82) is 0 Å². The van der Waals surface area contributed by atoms with Crippen LogP contribution in [-0.2, 0) is 6.42 Å². The van der Waals surface area contributed by atoms with Crippen LogP contribution in [0.5, 0.6) is 0 Å². The second kappa shape index (κ2) is 3.72. The Bertz CT molecular complexity index is 228. The average molecular weight is 163 g/mol. The van der Waals surface area contributed by atoms with Gasteiger partial charge >= 0.3 is 0 Å². The molecule has 0 fully saturated rings. The summed E-state index contributed by atoms with van der Waals surface area (Å²) in [5.41, 5.74) is 1.53. The van der Waals surface area contributed by atoms with Crippen LogP contribution in [0.1, 0.15) is 12.5 Å². The average Bonchev–Trinajstić information content (AvgIpc) is 2.04. The van der Waals surface area contributed by atoms with Crippen molar-refractivity contribution in [2.75, 3.05) is 0 Å². The normalized spacial score (nSPS) is 10.5. The predicted molar refractivity (Wildman–Crippen MR) is 52.9 cm³/mol.